The Bertz CT molecular complexity index is 250. The van der Waals surface area contributed by atoms with Gasteiger partial charge in [-0.2, -0.15) is 0 Å². The Morgan fingerprint density at radius 1 is 1.55 bits per heavy atom. The molecule has 0 radical (unpaired) electrons. The lowest BCUT2D eigenvalue weighted by molar-refractivity contribution is 0.791. The topological polar surface area (TPSA) is 24.9 Å². The van der Waals surface area contributed by atoms with Gasteiger partial charge < -0.3 is 5.32 Å². The summed E-state index contributed by atoms with van der Waals surface area (Å²) in [6.07, 6.45) is 1.64. The lowest BCUT2D eigenvalue weighted by Crippen LogP contribution is -2.07. The predicted octanol–water partition coefficient (Wildman–Crippen LogP) is 2.11. The van der Waals surface area contributed by atoms with E-state index in [0.717, 1.165) is 5.69 Å². The summed E-state index contributed by atoms with van der Waals surface area (Å²) in [5, 5.41) is 4.03. The van der Waals surface area contributed by atoms with Crippen LogP contribution in [-0.2, 0) is 6.54 Å². The molecule has 2 nitrogen and oxygen atoms in total. The highest BCUT2D eigenvalue weighted by Gasteiger charge is 2.03. The number of rotatable bonds is 2. The summed E-state index contributed by atoms with van der Waals surface area (Å²) in [4.78, 5) is 4.05. The van der Waals surface area contributed by atoms with Crippen molar-refractivity contribution in [1.82, 2.24) is 10.3 Å². The van der Waals surface area contributed by atoms with Gasteiger partial charge in [-0.25, -0.2) is 0 Å². The zero-order valence-corrected chi connectivity index (χ0v) is 7.58. The van der Waals surface area contributed by atoms with Crippen LogP contribution in [0.5, 0.6) is 0 Å². The molecule has 60 valence electrons. The minimum atomic E-state index is 0.531. The fourth-order valence-corrected chi connectivity index (χ4v) is 1.10. The first-order valence-electron chi connectivity index (χ1n) is 3.19. The summed E-state index contributed by atoms with van der Waals surface area (Å²) >= 11 is 11.6. The Morgan fingerprint density at radius 2 is 2.27 bits per heavy atom. The molecular formula is C7H8Cl2N2. The highest BCUT2D eigenvalue weighted by Crippen LogP contribution is 2.23. The molecule has 1 aromatic heterocycles. The van der Waals surface area contributed by atoms with Crippen LogP contribution < -0.4 is 5.32 Å². The van der Waals surface area contributed by atoms with E-state index < -0.39 is 0 Å². The van der Waals surface area contributed by atoms with Crippen LogP contribution in [0.2, 0.25) is 10.0 Å². The maximum absolute atomic E-state index is 5.84. The number of halogens is 2. The van der Waals surface area contributed by atoms with Crippen molar-refractivity contribution < 1.29 is 0 Å². The zero-order chi connectivity index (χ0) is 8.27. The molecule has 0 aromatic carbocycles. The first-order valence-corrected chi connectivity index (χ1v) is 3.94. The van der Waals surface area contributed by atoms with Crippen LogP contribution in [-0.4, -0.2) is 12.0 Å². The van der Waals surface area contributed by atoms with Crippen LogP contribution in [0, 0.1) is 0 Å². The van der Waals surface area contributed by atoms with Crippen LogP contribution in [0.1, 0.15) is 5.69 Å². The second kappa shape index (κ2) is 3.90. The summed E-state index contributed by atoms with van der Waals surface area (Å²) in [6, 6.07) is 1.67. The highest BCUT2D eigenvalue weighted by molar-refractivity contribution is 6.42. The van der Waals surface area contributed by atoms with Crippen LogP contribution in [0.4, 0.5) is 0 Å². The third-order valence-corrected chi connectivity index (χ3v) is 2.09. The number of pyridine rings is 1. The summed E-state index contributed by atoms with van der Waals surface area (Å²) in [6.45, 7) is 0.638. The Kier molecular flexibility index (Phi) is 3.12. The standard InChI is InChI=1S/C7H8Cl2N2/c1-10-4-6-7(9)5(8)2-3-11-6/h2-3,10H,4H2,1H3. The van der Waals surface area contributed by atoms with Crippen molar-refractivity contribution in [3.63, 3.8) is 0 Å². The number of aromatic nitrogens is 1. The van der Waals surface area contributed by atoms with Gasteiger partial charge in [0, 0.05) is 12.7 Å². The van der Waals surface area contributed by atoms with Gasteiger partial charge in [0.25, 0.3) is 0 Å². The van der Waals surface area contributed by atoms with E-state index in [-0.39, 0.29) is 0 Å². The average molecular weight is 191 g/mol. The van der Waals surface area contributed by atoms with Crippen molar-refractivity contribution in [2.75, 3.05) is 7.05 Å². The van der Waals surface area contributed by atoms with E-state index in [4.69, 9.17) is 23.2 Å². The molecule has 0 aliphatic carbocycles. The second-order valence-corrected chi connectivity index (χ2v) is 2.87. The molecule has 0 atom stereocenters. The van der Waals surface area contributed by atoms with E-state index in [1.165, 1.54) is 0 Å². The molecule has 1 heterocycles. The maximum atomic E-state index is 5.84. The van der Waals surface area contributed by atoms with Crippen molar-refractivity contribution in [2.24, 2.45) is 0 Å². The van der Waals surface area contributed by atoms with Gasteiger partial charge >= 0.3 is 0 Å². The van der Waals surface area contributed by atoms with Gasteiger partial charge in [0.1, 0.15) is 0 Å². The summed E-state index contributed by atoms with van der Waals surface area (Å²) in [7, 11) is 1.83. The molecule has 0 amide bonds. The van der Waals surface area contributed by atoms with E-state index >= 15 is 0 Å². The fraction of sp³-hybridized carbons (Fsp3) is 0.286. The van der Waals surface area contributed by atoms with Crippen molar-refractivity contribution in [1.29, 1.82) is 0 Å². The molecule has 1 aromatic rings. The van der Waals surface area contributed by atoms with Gasteiger partial charge in [-0.1, -0.05) is 23.2 Å². The lowest BCUT2D eigenvalue weighted by Gasteiger charge is -2.02. The molecule has 0 aliphatic rings. The Morgan fingerprint density at radius 3 is 2.91 bits per heavy atom. The average Bonchev–Trinajstić information content (AvgIpc) is 1.99. The van der Waals surface area contributed by atoms with E-state index in [2.05, 4.69) is 10.3 Å². The molecule has 0 aliphatic heterocycles. The number of nitrogens with one attached hydrogen (secondary N) is 1. The summed E-state index contributed by atoms with van der Waals surface area (Å²) in [5.41, 5.74) is 0.779. The number of hydrogen-bond donors (Lipinski definition) is 1. The minimum absolute atomic E-state index is 0.531. The number of hydrogen-bond acceptors (Lipinski definition) is 2. The van der Waals surface area contributed by atoms with E-state index in [9.17, 15) is 0 Å². The largest absolute Gasteiger partial charge is 0.314 e. The van der Waals surface area contributed by atoms with Crippen LogP contribution in [0.25, 0.3) is 0 Å². The summed E-state index contributed by atoms with van der Waals surface area (Å²) < 4.78 is 0. The molecule has 1 N–H and O–H groups in total. The molecular weight excluding hydrogens is 183 g/mol. The minimum Gasteiger partial charge on any atom is -0.314 e. The normalized spacial score (nSPS) is 10.1. The molecule has 0 saturated heterocycles. The fourth-order valence-electron chi connectivity index (χ4n) is 0.751. The zero-order valence-electron chi connectivity index (χ0n) is 6.06. The molecule has 1 rings (SSSR count). The van der Waals surface area contributed by atoms with Crippen LogP contribution in [0.15, 0.2) is 12.3 Å². The van der Waals surface area contributed by atoms with Crippen molar-refractivity contribution in [2.45, 2.75) is 6.54 Å². The predicted molar refractivity (Wildman–Crippen MR) is 47.0 cm³/mol. The smallest absolute Gasteiger partial charge is 0.0820 e. The van der Waals surface area contributed by atoms with Gasteiger partial charge in [-0.15, -0.1) is 0 Å². The highest BCUT2D eigenvalue weighted by atomic mass is 35.5. The van der Waals surface area contributed by atoms with Gasteiger partial charge in [-0.05, 0) is 13.1 Å². The first-order chi connectivity index (χ1) is 5.25. The monoisotopic (exact) mass is 190 g/mol. The van der Waals surface area contributed by atoms with Crippen LogP contribution >= 0.6 is 23.2 Å². The Labute approximate surface area is 75.5 Å². The lowest BCUT2D eigenvalue weighted by atomic mass is 10.3. The van der Waals surface area contributed by atoms with E-state index in [1.807, 2.05) is 7.05 Å². The SMILES string of the molecule is CNCc1nccc(Cl)c1Cl. The third kappa shape index (κ3) is 2.06. The second-order valence-electron chi connectivity index (χ2n) is 2.08. The van der Waals surface area contributed by atoms with Gasteiger partial charge in [-0.3, -0.25) is 4.98 Å². The molecule has 4 heteroatoms. The van der Waals surface area contributed by atoms with E-state index in [1.54, 1.807) is 12.3 Å². The molecule has 0 fully saturated rings. The number of nitrogens with zero attached hydrogens (tertiary/aromatic N) is 1. The molecule has 11 heavy (non-hydrogen) atoms. The quantitative estimate of drug-likeness (QED) is 0.774. The maximum Gasteiger partial charge on any atom is 0.0820 e. The first kappa shape index (κ1) is 8.78. The van der Waals surface area contributed by atoms with E-state index in [0.29, 0.717) is 16.6 Å². The van der Waals surface area contributed by atoms with Gasteiger partial charge in [0.05, 0.1) is 15.7 Å². The Balaban J connectivity index is 2.96. The van der Waals surface area contributed by atoms with Crippen molar-refractivity contribution in [3.8, 4) is 0 Å². The Hall–Kier alpha value is -0.310. The molecule has 0 saturated carbocycles. The summed E-state index contributed by atoms with van der Waals surface area (Å²) in [5.74, 6) is 0. The molecule has 0 bridgehead atoms. The van der Waals surface area contributed by atoms with Crippen LogP contribution in [0.3, 0.4) is 0 Å². The van der Waals surface area contributed by atoms with Crippen molar-refractivity contribution in [3.05, 3.63) is 28.0 Å². The van der Waals surface area contributed by atoms with Gasteiger partial charge in [0.2, 0.25) is 0 Å². The van der Waals surface area contributed by atoms with Gasteiger partial charge in [0.15, 0.2) is 0 Å². The molecule has 0 unspecified atom stereocenters. The molecule has 0 spiro atoms. The van der Waals surface area contributed by atoms with Crippen molar-refractivity contribution >= 4 is 23.2 Å². The third-order valence-electron chi connectivity index (χ3n) is 1.26.